The number of allylic oxidation sites excluding steroid dienone is 1. The summed E-state index contributed by atoms with van der Waals surface area (Å²) >= 11 is 5.91. The summed E-state index contributed by atoms with van der Waals surface area (Å²) in [4.78, 5) is 0. The van der Waals surface area contributed by atoms with Gasteiger partial charge in [-0.2, -0.15) is 8.78 Å². The standard InChI is InChI=1S/C18H15ClF2O/c19-15-10-5-9-14(12-15)17-16(18(20,21)22-17)11-4-8-13-6-2-1-3-7-13/h1-3,5-7,9-12,17H,4,8H2/b16-11+. The molecule has 1 nitrogen and oxygen atoms in total. The fourth-order valence-electron chi connectivity index (χ4n) is 2.56. The van der Waals surface area contributed by atoms with Crippen LogP contribution in [0.15, 0.2) is 66.2 Å². The topological polar surface area (TPSA) is 9.23 Å². The molecular weight excluding hydrogens is 306 g/mol. The predicted molar refractivity (Wildman–Crippen MR) is 83.1 cm³/mol. The average Bonchev–Trinajstić information content (AvgIpc) is 2.50. The number of rotatable bonds is 4. The van der Waals surface area contributed by atoms with Crippen LogP contribution in [0, 0.1) is 0 Å². The van der Waals surface area contributed by atoms with Crippen molar-refractivity contribution >= 4 is 11.6 Å². The molecule has 1 fully saturated rings. The number of ether oxygens (including phenoxy) is 1. The van der Waals surface area contributed by atoms with Gasteiger partial charge in [0.25, 0.3) is 0 Å². The van der Waals surface area contributed by atoms with Crippen LogP contribution in [0.5, 0.6) is 0 Å². The number of halogens is 3. The van der Waals surface area contributed by atoms with Crippen LogP contribution in [0.25, 0.3) is 0 Å². The number of alkyl halides is 2. The van der Waals surface area contributed by atoms with Crippen LogP contribution in [0.4, 0.5) is 8.78 Å². The molecule has 2 aromatic carbocycles. The molecule has 0 bridgehead atoms. The molecule has 0 spiro atoms. The smallest absolute Gasteiger partial charge is 0.304 e. The third-order valence-corrected chi connectivity index (χ3v) is 3.91. The van der Waals surface area contributed by atoms with Gasteiger partial charge in [0.2, 0.25) is 0 Å². The van der Waals surface area contributed by atoms with Crippen molar-refractivity contribution in [2.75, 3.05) is 0 Å². The SMILES string of the molecule is FC1(F)OC(c2cccc(Cl)c2)/C1=C\CCc1ccccc1. The minimum absolute atomic E-state index is 0.0192. The lowest BCUT2D eigenvalue weighted by Gasteiger charge is -2.38. The monoisotopic (exact) mass is 320 g/mol. The Morgan fingerprint density at radius 1 is 1.09 bits per heavy atom. The van der Waals surface area contributed by atoms with Gasteiger partial charge >= 0.3 is 6.11 Å². The molecule has 1 aliphatic rings. The van der Waals surface area contributed by atoms with E-state index in [4.69, 9.17) is 16.3 Å². The number of hydrogen-bond acceptors (Lipinski definition) is 1. The molecule has 4 heteroatoms. The summed E-state index contributed by atoms with van der Waals surface area (Å²) in [5, 5.41) is 0.514. The van der Waals surface area contributed by atoms with E-state index in [1.54, 1.807) is 30.3 Å². The molecule has 3 rings (SSSR count). The van der Waals surface area contributed by atoms with Gasteiger partial charge in [0, 0.05) is 5.02 Å². The first-order chi connectivity index (χ1) is 10.6. The van der Waals surface area contributed by atoms with E-state index < -0.39 is 12.2 Å². The van der Waals surface area contributed by atoms with Crippen LogP contribution in [0.1, 0.15) is 23.7 Å². The van der Waals surface area contributed by atoms with E-state index >= 15 is 0 Å². The van der Waals surface area contributed by atoms with E-state index in [2.05, 4.69) is 0 Å². The summed E-state index contributed by atoms with van der Waals surface area (Å²) in [6.45, 7) is 0. The van der Waals surface area contributed by atoms with E-state index in [-0.39, 0.29) is 5.57 Å². The van der Waals surface area contributed by atoms with E-state index in [9.17, 15) is 8.78 Å². The van der Waals surface area contributed by atoms with Crippen LogP contribution in [-0.2, 0) is 11.2 Å². The molecule has 0 amide bonds. The lowest BCUT2D eigenvalue weighted by molar-refractivity contribution is -0.300. The third kappa shape index (κ3) is 3.21. The maximum atomic E-state index is 13.6. The van der Waals surface area contributed by atoms with Gasteiger partial charge in [0.1, 0.15) is 6.10 Å². The Kier molecular flexibility index (Phi) is 4.27. The molecule has 1 atom stereocenters. The summed E-state index contributed by atoms with van der Waals surface area (Å²) in [5.41, 5.74) is 1.80. The van der Waals surface area contributed by atoms with Gasteiger partial charge in [-0.15, -0.1) is 0 Å². The molecule has 1 aliphatic heterocycles. The highest BCUT2D eigenvalue weighted by atomic mass is 35.5. The molecule has 1 unspecified atom stereocenters. The predicted octanol–water partition coefficient (Wildman–Crippen LogP) is 5.56. The lowest BCUT2D eigenvalue weighted by atomic mass is 9.94. The van der Waals surface area contributed by atoms with Crippen molar-refractivity contribution in [3.8, 4) is 0 Å². The zero-order chi connectivity index (χ0) is 15.6. The van der Waals surface area contributed by atoms with E-state index in [1.165, 1.54) is 0 Å². The summed E-state index contributed by atoms with van der Waals surface area (Å²) < 4.78 is 32.0. The molecule has 0 aromatic heterocycles. The molecule has 22 heavy (non-hydrogen) atoms. The second kappa shape index (κ2) is 6.19. The highest BCUT2D eigenvalue weighted by Gasteiger charge is 2.53. The first-order valence-electron chi connectivity index (χ1n) is 7.12. The van der Waals surface area contributed by atoms with Crippen molar-refractivity contribution in [3.63, 3.8) is 0 Å². The van der Waals surface area contributed by atoms with Gasteiger partial charge < -0.3 is 4.74 Å². The molecule has 0 saturated carbocycles. The first-order valence-corrected chi connectivity index (χ1v) is 7.49. The summed E-state index contributed by atoms with van der Waals surface area (Å²) in [6.07, 6.45) is -1.02. The fourth-order valence-corrected chi connectivity index (χ4v) is 2.75. The quantitative estimate of drug-likeness (QED) is 0.670. The van der Waals surface area contributed by atoms with Gasteiger partial charge in [-0.1, -0.05) is 60.1 Å². The fraction of sp³-hybridized carbons (Fsp3) is 0.222. The molecular formula is C18H15ClF2O. The highest BCUT2D eigenvalue weighted by molar-refractivity contribution is 6.30. The van der Waals surface area contributed by atoms with E-state index in [0.717, 1.165) is 12.0 Å². The van der Waals surface area contributed by atoms with Crippen LogP contribution in [-0.4, -0.2) is 6.11 Å². The molecule has 1 saturated heterocycles. The van der Waals surface area contributed by atoms with E-state index in [1.807, 2.05) is 30.3 Å². The maximum Gasteiger partial charge on any atom is 0.383 e. The van der Waals surface area contributed by atoms with Crippen molar-refractivity contribution in [2.24, 2.45) is 0 Å². The normalized spacial score (nSPS) is 21.6. The van der Waals surface area contributed by atoms with Crippen molar-refractivity contribution in [3.05, 3.63) is 82.4 Å². The molecule has 114 valence electrons. The molecule has 1 heterocycles. The largest absolute Gasteiger partial charge is 0.383 e. The third-order valence-electron chi connectivity index (χ3n) is 3.68. The Labute approximate surface area is 133 Å². The van der Waals surface area contributed by atoms with Gasteiger partial charge in [-0.25, -0.2) is 0 Å². The van der Waals surface area contributed by atoms with Gasteiger partial charge in [0.05, 0.1) is 5.57 Å². The van der Waals surface area contributed by atoms with Crippen molar-refractivity contribution in [2.45, 2.75) is 25.1 Å². The summed E-state index contributed by atoms with van der Waals surface area (Å²) in [6, 6.07) is 16.6. The van der Waals surface area contributed by atoms with Crippen LogP contribution < -0.4 is 0 Å². The van der Waals surface area contributed by atoms with Crippen molar-refractivity contribution in [1.82, 2.24) is 0 Å². The number of benzene rings is 2. The first kappa shape index (κ1) is 15.2. The Balaban J connectivity index is 1.73. The summed E-state index contributed by atoms with van der Waals surface area (Å²) in [5.74, 6) is 0. The molecule has 0 aliphatic carbocycles. The molecule has 2 aromatic rings. The van der Waals surface area contributed by atoms with E-state index in [0.29, 0.717) is 17.0 Å². The Hall–Kier alpha value is -1.71. The van der Waals surface area contributed by atoms with Crippen LogP contribution >= 0.6 is 11.6 Å². The van der Waals surface area contributed by atoms with Crippen molar-refractivity contribution in [1.29, 1.82) is 0 Å². The number of aryl methyl sites for hydroxylation is 1. The minimum Gasteiger partial charge on any atom is -0.304 e. The zero-order valence-corrected chi connectivity index (χ0v) is 12.6. The lowest BCUT2D eigenvalue weighted by Crippen LogP contribution is -2.41. The Bertz CT molecular complexity index is 682. The van der Waals surface area contributed by atoms with Crippen LogP contribution in [0.2, 0.25) is 5.02 Å². The maximum absolute atomic E-state index is 13.6. The second-order valence-corrected chi connectivity index (χ2v) is 5.69. The summed E-state index contributed by atoms with van der Waals surface area (Å²) in [7, 11) is 0. The molecule has 0 radical (unpaired) electrons. The average molecular weight is 321 g/mol. The second-order valence-electron chi connectivity index (χ2n) is 5.25. The van der Waals surface area contributed by atoms with Gasteiger partial charge in [0.15, 0.2) is 0 Å². The Morgan fingerprint density at radius 3 is 2.55 bits per heavy atom. The molecule has 0 N–H and O–H groups in total. The number of hydrogen-bond donors (Lipinski definition) is 0. The minimum atomic E-state index is -3.18. The van der Waals surface area contributed by atoms with Gasteiger partial charge in [-0.3, -0.25) is 0 Å². The van der Waals surface area contributed by atoms with Crippen LogP contribution in [0.3, 0.4) is 0 Å². The van der Waals surface area contributed by atoms with Gasteiger partial charge in [-0.05, 0) is 36.1 Å². The zero-order valence-electron chi connectivity index (χ0n) is 11.8. The Morgan fingerprint density at radius 2 is 1.86 bits per heavy atom. The van der Waals surface area contributed by atoms with Crippen molar-refractivity contribution < 1.29 is 13.5 Å². The highest BCUT2D eigenvalue weighted by Crippen LogP contribution is 2.50.